The van der Waals surface area contributed by atoms with E-state index in [0.29, 0.717) is 34.9 Å². The van der Waals surface area contributed by atoms with Crippen LogP contribution in [0.15, 0.2) is 48.7 Å². The monoisotopic (exact) mass is 488 g/mol. The maximum absolute atomic E-state index is 11.7. The Labute approximate surface area is 202 Å². The van der Waals surface area contributed by atoms with E-state index < -0.39 is 0 Å². The summed E-state index contributed by atoms with van der Waals surface area (Å²) in [7, 11) is 0. The number of nitrogens with zero attached hydrogens (tertiary/aromatic N) is 1. The van der Waals surface area contributed by atoms with Gasteiger partial charge in [0.05, 0.1) is 27.2 Å². The van der Waals surface area contributed by atoms with Crippen LogP contribution in [-0.2, 0) is 9.53 Å². The first kappa shape index (κ1) is 23.1. The normalized spacial score (nSPS) is 18.3. The van der Waals surface area contributed by atoms with Gasteiger partial charge in [0.1, 0.15) is 0 Å². The Bertz CT molecular complexity index is 1060. The molecule has 4 rings (SSSR count). The smallest absolute Gasteiger partial charge is 0.306 e. The average Bonchev–Trinajstić information content (AvgIpc) is 3.27. The van der Waals surface area contributed by atoms with Crippen molar-refractivity contribution in [2.24, 2.45) is 5.92 Å². The van der Waals surface area contributed by atoms with Crippen molar-refractivity contribution < 1.29 is 9.53 Å². The van der Waals surface area contributed by atoms with Crippen LogP contribution in [0.4, 0.5) is 11.4 Å². The third-order valence-corrected chi connectivity index (χ3v) is 7.62. The van der Waals surface area contributed by atoms with E-state index in [1.807, 2.05) is 37.4 Å². The van der Waals surface area contributed by atoms with Crippen molar-refractivity contribution in [3.8, 4) is 10.4 Å². The molecule has 0 amide bonds. The molecule has 1 N–H and O–H groups in total. The van der Waals surface area contributed by atoms with Gasteiger partial charge in [0.15, 0.2) is 0 Å². The second kappa shape index (κ2) is 10.7. The second-order valence-electron chi connectivity index (χ2n) is 8.12. The molecular formula is C25H26Cl2N2O2S. The summed E-state index contributed by atoms with van der Waals surface area (Å²) < 4.78 is 5.09. The van der Waals surface area contributed by atoms with Crippen molar-refractivity contribution in [2.75, 3.05) is 11.9 Å². The zero-order chi connectivity index (χ0) is 22.5. The lowest BCUT2D eigenvalue weighted by molar-refractivity contribution is -0.144. The van der Waals surface area contributed by atoms with E-state index >= 15 is 0 Å². The number of nitrogens with one attached hydrogen (secondary N) is 1. The Morgan fingerprint density at radius 3 is 2.56 bits per heavy atom. The van der Waals surface area contributed by atoms with Gasteiger partial charge < -0.3 is 10.1 Å². The highest BCUT2D eigenvalue weighted by Crippen LogP contribution is 2.40. The number of esters is 1. The van der Waals surface area contributed by atoms with Crippen molar-refractivity contribution >= 4 is 51.9 Å². The maximum atomic E-state index is 11.7. The van der Waals surface area contributed by atoms with Crippen LogP contribution in [0.5, 0.6) is 0 Å². The molecule has 7 heteroatoms. The first-order valence-electron chi connectivity index (χ1n) is 11.0. The standard InChI is InChI=1S/C25H26Cl2N2O2S/c1-2-31-24(30)13-16-3-5-18(6-4-16)25-28-15-23(32-25)17-7-10-20(11-8-17)29-22-12-9-19(26)14-21(22)27/h7-12,14-16,18,29H,2-6,13H2,1H3. The zero-order valence-corrected chi connectivity index (χ0v) is 20.3. The fourth-order valence-electron chi connectivity index (χ4n) is 4.14. The highest BCUT2D eigenvalue weighted by Gasteiger charge is 2.26. The molecule has 2 aromatic carbocycles. The van der Waals surface area contributed by atoms with Crippen LogP contribution in [0.1, 0.15) is 50.0 Å². The summed E-state index contributed by atoms with van der Waals surface area (Å²) in [5, 5.41) is 5.73. The van der Waals surface area contributed by atoms with Gasteiger partial charge >= 0.3 is 5.97 Å². The molecule has 168 valence electrons. The fourth-order valence-corrected chi connectivity index (χ4v) is 5.69. The lowest BCUT2D eigenvalue weighted by atomic mass is 9.81. The Morgan fingerprint density at radius 1 is 1.12 bits per heavy atom. The van der Waals surface area contributed by atoms with E-state index in [2.05, 4.69) is 17.4 Å². The lowest BCUT2D eigenvalue weighted by Crippen LogP contribution is -2.17. The van der Waals surface area contributed by atoms with Crippen molar-refractivity contribution in [1.29, 1.82) is 0 Å². The van der Waals surface area contributed by atoms with E-state index in [9.17, 15) is 4.79 Å². The molecule has 0 aliphatic heterocycles. The number of ether oxygens (including phenoxy) is 1. The van der Waals surface area contributed by atoms with Crippen LogP contribution in [0, 0.1) is 5.92 Å². The SMILES string of the molecule is CCOC(=O)CC1CCC(c2ncc(-c3ccc(Nc4ccc(Cl)cc4Cl)cc3)s2)CC1. The predicted octanol–water partition coefficient (Wildman–Crippen LogP) is 8.09. The molecule has 1 aromatic heterocycles. The molecule has 1 fully saturated rings. The van der Waals surface area contributed by atoms with Crippen molar-refractivity contribution in [3.63, 3.8) is 0 Å². The molecule has 4 nitrogen and oxygen atoms in total. The number of benzene rings is 2. The van der Waals surface area contributed by atoms with Gasteiger partial charge in [-0.15, -0.1) is 11.3 Å². The molecule has 1 aliphatic carbocycles. The van der Waals surface area contributed by atoms with Gasteiger partial charge in [-0.25, -0.2) is 4.98 Å². The van der Waals surface area contributed by atoms with Crippen LogP contribution < -0.4 is 5.32 Å². The number of anilines is 2. The molecule has 0 spiro atoms. The molecule has 1 aliphatic rings. The summed E-state index contributed by atoms with van der Waals surface area (Å²) in [6.07, 6.45) is 6.82. The molecule has 0 atom stereocenters. The van der Waals surface area contributed by atoms with Gasteiger partial charge in [0, 0.05) is 29.2 Å². The summed E-state index contributed by atoms with van der Waals surface area (Å²) in [6, 6.07) is 13.7. The van der Waals surface area contributed by atoms with Crippen LogP contribution in [0.25, 0.3) is 10.4 Å². The zero-order valence-electron chi connectivity index (χ0n) is 17.9. The minimum atomic E-state index is -0.0660. The quantitative estimate of drug-likeness (QED) is 0.341. The molecule has 0 unspecified atom stereocenters. The van der Waals surface area contributed by atoms with E-state index in [0.717, 1.165) is 42.6 Å². The summed E-state index contributed by atoms with van der Waals surface area (Å²) >= 11 is 14.0. The number of thiazole rings is 1. The molecular weight excluding hydrogens is 463 g/mol. The first-order valence-corrected chi connectivity index (χ1v) is 12.5. The highest BCUT2D eigenvalue weighted by atomic mass is 35.5. The summed E-state index contributed by atoms with van der Waals surface area (Å²) in [4.78, 5) is 17.6. The Hall–Kier alpha value is -2.08. The predicted molar refractivity (Wildman–Crippen MR) is 133 cm³/mol. The average molecular weight is 489 g/mol. The molecule has 0 radical (unpaired) electrons. The highest BCUT2D eigenvalue weighted by molar-refractivity contribution is 7.15. The van der Waals surface area contributed by atoms with Gasteiger partial charge in [0.2, 0.25) is 0 Å². The number of hydrogen-bond acceptors (Lipinski definition) is 5. The van der Waals surface area contributed by atoms with E-state index in [1.165, 1.54) is 9.88 Å². The van der Waals surface area contributed by atoms with Crippen LogP contribution in [0.2, 0.25) is 10.0 Å². The second-order valence-corrected chi connectivity index (χ2v) is 10.0. The third-order valence-electron chi connectivity index (χ3n) is 5.86. The van der Waals surface area contributed by atoms with Gasteiger partial charge in [-0.05, 0) is 74.4 Å². The minimum absolute atomic E-state index is 0.0660. The first-order chi connectivity index (χ1) is 15.5. The molecule has 0 bridgehead atoms. The number of halogens is 2. The Morgan fingerprint density at radius 2 is 1.88 bits per heavy atom. The molecule has 1 saturated carbocycles. The van der Waals surface area contributed by atoms with Crippen LogP contribution >= 0.6 is 34.5 Å². The molecule has 1 heterocycles. The fraction of sp³-hybridized carbons (Fsp3) is 0.360. The largest absolute Gasteiger partial charge is 0.466 e. The van der Waals surface area contributed by atoms with E-state index in [-0.39, 0.29) is 5.97 Å². The number of hydrogen-bond donors (Lipinski definition) is 1. The maximum Gasteiger partial charge on any atom is 0.306 e. The molecule has 32 heavy (non-hydrogen) atoms. The van der Waals surface area contributed by atoms with Crippen LogP contribution in [-0.4, -0.2) is 17.6 Å². The summed E-state index contributed by atoms with van der Waals surface area (Å²) in [6.45, 7) is 2.32. The molecule has 0 saturated heterocycles. The van der Waals surface area contributed by atoms with Crippen LogP contribution in [0.3, 0.4) is 0 Å². The number of carbonyl (C=O) groups excluding carboxylic acids is 1. The van der Waals surface area contributed by atoms with Crippen molar-refractivity contribution in [1.82, 2.24) is 4.98 Å². The summed E-state index contributed by atoms with van der Waals surface area (Å²) in [5.74, 6) is 0.864. The molecule has 3 aromatic rings. The third kappa shape index (κ3) is 5.83. The Balaban J connectivity index is 1.35. The van der Waals surface area contributed by atoms with Gasteiger partial charge in [-0.1, -0.05) is 35.3 Å². The number of rotatable bonds is 7. The minimum Gasteiger partial charge on any atom is -0.466 e. The van der Waals surface area contributed by atoms with Crippen molar-refractivity contribution in [2.45, 2.75) is 44.9 Å². The van der Waals surface area contributed by atoms with Crippen molar-refractivity contribution in [3.05, 3.63) is 63.7 Å². The van der Waals surface area contributed by atoms with Gasteiger partial charge in [-0.2, -0.15) is 0 Å². The Kier molecular flexibility index (Phi) is 7.71. The van der Waals surface area contributed by atoms with E-state index in [1.54, 1.807) is 17.4 Å². The summed E-state index contributed by atoms with van der Waals surface area (Å²) in [5.41, 5.74) is 2.93. The van der Waals surface area contributed by atoms with Gasteiger partial charge in [-0.3, -0.25) is 4.79 Å². The lowest BCUT2D eigenvalue weighted by Gasteiger charge is -2.26. The number of carbonyl (C=O) groups is 1. The topological polar surface area (TPSA) is 51.2 Å². The van der Waals surface area contributed by atoms with Gasteiger partial charge in [0.25, 0.3) is 0 Å². The van der Waals surface area contributed by atoms with E-state index in [4.69, 9.17) is 32.9 Å². The number of aromatic nitrogens is 1.